The molecule has 1 aromatic rings. The van der Waals surface area contributed by atoms with Crippen LogP contribution in [0.4, 0.5) is 0 Å². The fourth-order valence-corrected chi connectivity index (χ4v) is 2.78. The number of nitrogens with one attached hydrogen (secondary N) is 1. The van der Waals surface area contributed by atoms with Gasteiger partial charge in [-0.1, -0.05) is 31.7 Å². The number of hydrogen-bond acceptors (Lipinski definition) is 3. The molecule has 1 saturated carbocycles. The average molecular weight is 263 g/mol. The quantitative estimate of drug-likeness (QED) is 0.740. The zero-order valence-electron chi connectivity index (χ0n) is 11.8. The smallest absolute Gasteiger partial charge is 0.161 e. The second-order valence-electron chi connectivity index (χ2n) is 5.35. The summed E-state index contributed by atoms with van der Waals surface area (Å²) in [6, 6.07) is 5.57. The molecule has 1 fully saturated rings. The maximum Gasteiger partial charge on any atom is 0.161 e. The van der Waals surface area contributed by atoms with Crippen LogP contribution in [0.15, 0.2) is 18.2 Å². The molecular weight excluding hydrogens is 238 g/mol. The maximum absolute atomic E-state index is 9.64. The minimum Gasteiger partial charge on any atom is -0.504 e. The molecule has 1 aliphatic rings. The van der Waals surface area contributed by atoms with Crippen LogP contribution in [0, 0.1) is 5.92 Å². The lowest BCUT2D eigenvalue weighted by Crippen LogP contribution is -2.17. The SMILES string of the molecule is CCOc1cc(CNCCC2CCCC2)ccc1O. The summed E-state index contributed by atoms with van der Waals surface area (Å²) in [5, 5.41) is 13.1. The Bertz CT molecular complexity index is 386. The van der Waals surface area contributed by atoms with Gasteiger partial charge in [-0.15, -0.1) is 0 Å². The summed E-state index contributed by atoms with van der Waals surface area (Å²) in [4.78, 5) is 0. The Morgan fingerprint density at radius 2 is 2.11 bits per heavy atom. The highest BCUT2D eigenvalue weighted by molar-refractivity contribution is 5.41. The van der Waals surface area contributed by atoms with E-state index in [1.807, 2.05) is 19.1 Å². The molecule has 0 aromatic heterocycles. The lowest BCUT2D eigenvalue weighted by atomic mass is 10.0. The summed E-state index contributed by atoms with van der Waals surface area (Å²) < 4.78 is 5.39. The van der Waals surface area contributed by atoms with Crippen LogP contribution >= 0.6 is 0 Å². The van der Waals surface area contributed by atoms with Crippen LogP contribution in [0.2, 0.25) is 0 Å². The van der Waals surface area contributed by atoms with Crippen molar-refractivity contribution in [2.75, 3.05) is 13.2 Å². The van der Waals surface area contributed by atoms with Gasteiger partial charge < -0.3 is 15.2 Å². The van der Waals surface area contributed by atoms with Gasteiger partial charge in [0, 0.05) is 6.54 Å². The summed E-state index contributed by atoms with van der Waals surface area (Å²) in [6.45, 7) is 4.42. The molecule has 0 heterocycles. The molecule has 0 saturated heterocycles. The Morgan fingerprint density at radius 3 is 2.84 bits per heavy atom. The van der Waals surface area contributed by atoms with Crippen LogP contribution in [-0.4, -0.2) is 18.3 Å². The molecule has 106 valence electrons. The number of ether oxygens (including phenoxy) is 1. The highest BCUT2D eigenvalue weighted by Gasteiger charge is 2.13. The predicted molar refractivity (Wildman–Crippen MR) is 77.6 cm³/mol. The Morgan fingerprint density at radius 1 is 1.32 bits per heavy atom. The van der Waals surface area contributed by atoms with Gasteiger partial charge in [0.1, 0.15) is 0 Å². The third-order valence-electron chi connectivity index (χ3n) is 3.86. The largest absolute Gasteiger partial charge is 0.504 e. The van der Waals surface area contributed by atoms with E-state index in [1.165, 1.54) is 32.1 Å². The highest BCUT2D eigenvalue weighted by Crippen LogP contribution is 2.28. The Kier molecular flexibility index (Phi) is 5.52. The number of rotatable bonds is 7. The molecule has 1 aromatic carbocycles. The Hall–Kier alpha value is -1.22. The van der Waals surface area contributed by atoms with E-state index in [0.717, 1.165) is 24.6 Å². The summed E-state index contributed by atoms with van der Waals surface area (Å²) in [7, 11) is 0. The third kappa shape index (κ3) is 4.43. The molecule has 3 heteroatoms. The zero-order chi connectivity index (χ0) is 13.5. The number of phenolic OH excluding ortho intramolecular Hbond substituents is 1. The van der Waals surface area contributed by atoms with Gasteiger partial charge in [-0.25, -0.2) is 0 Å². The van der Waals surface area contributed by atoms with Crippen LogP contribution in [0.3, 0.4) is 0 Å². The van der Waals surface area contributed by atoms with Crippen molar-refractivity contribution in [1.29, 1.82) is 0 Å². The topological polar surface area (TPSA) is 41.5 Å². The molecule has 0 atom stereocenters. The molecule has 3 nitrogen and oxygen atoms in total. The van der Waals surface area contributed by atoms with Crippen LogP contribution in [-0.2, 0) is 6.54 Å². The van der Waals surface area contributed by atoms with E-state index in [1.54, 1.807) is 6.07 Å². The van der Waals surface area contributed by atoms with Gasteiger partial charge in [-0.05, 0) is 43.5 Å². The Balaban J connectivity index is 1.74. The van der Waals surface area contributed by atoms with Gasteiger partial charge in [0.2, 0.25) is 0 Å². The lowest BCUT2D eigenvalue weighted by molar-refractivity contribution is 0.317. The molecule has 0 spiro atoms. The Labute approximate surface area is 116 Å². The van der Waals surface area contributed by atoms with Gasteiger partial charge in [-0.2, -0.15) is 0 Å². The van der Waals surface area contributed by atoms with Crippen LogP contribution < -0.4 is 10.1 Å². The summed E-state index contributed by atoms with van der Waals surface area (Å²) in [6.07, 6.45) is 6.95. The highest BCUT2D eigenvalue weighted by atomic mass is 16.5. The standard InChI is InChI=1S/C16H25NO2/c1-2-19-16-11-14(7-8-15(16)18)12-17-10-9-13-5-3-4-6-13/h7-8,11,13,17-18H,2-6,9-10,12H2,1H3. The van der Waals surface area contributed by atoms with Crippen LogP contribution in [0.5, 0.6) is 11.5 Å². The zero-order valence-corrected chi connectivity index (χ0v) is 11.8. The van der Waals surface area contributed by atoms with Gasteiger partial charge in [-0.3, -0.25) is 0 Å². The maximum atomic E-state index is 9.64. The predicted octanol–water partition coefficient (Wildman–Crippen LogP) is 3.46. The van der Waals surface area contributed by atoms with E-state index in [0.29, 0.717) is 12.4 Å². The van der Waals surface area contributed by atoms with Crippen LogP contribution in [0.1, 0.15) is 44.6 Å². The molecule has 0 unspecified atom stereocenters. The minimum atomic E-state index is 0.219. The van der Waals surface area contributed by atoms with E-state index < -0.39 is 0 Å². The van der Waals surface area contributed by atoms with Crippen molar-refractivity contribution in [3.8, 4) is 11.5 Å². The second kappa shape index (κ2) is 7.39. The van der Waals surface area contributed by atoms with Gasteiger partial charge in [0.05, 0.1) is 6.61 Å². The van der Waals surface area contributed by atoms with Crippen molar-refractivity contribution in [3.05, 3.63) is 23.8 Å². The van der Waals surface area contributed by atoms with E-state index in [-0.39, 0.29) is 5.75 Å². The monoisotopic (exact) mass is 263 g/mol. The molecule has 0 bridgehead atoms. The van der Waals surface area contributed by atoms with Crippen molar-refractivity contribution < 1.29 is 9.84 Å². The van der Waals surface area contributed by atoms with Crippen molar-refractivity contribution in [3.63, 3.8) is 0 Å². The van der Waals surface area contributed by atoms with Gasteiger partial charge in [0.25, 0.3) is 0 Å². The van der Waals surface area contributed by atoms with Crippen molar-refractivity contribution in [2.45, 2.75) is 45.6 Å². The molecule has 19 heavy (non-hydrogen) atoms. The number of hydrogen-bond donors (Lipinski definition) is 2. The first-order chi connectivity index (χ1) is 9.29. The molecule has 0 aliphatic heterocycles. The second-order valence-corrected chi connectivity index (χ2v) is 5.35. The van der Waals surface area contributed by atoms with Gasteiger partial charge >= 0.3 is 0 Å². The fraction of sp³-hybridized carbons (Fsp3) is 0.625. The summed E-state index contributed by atoms with van der Waals surface area (Å²) in [5.41, 5.74) is 1.16. The normalized spacial score (nSPS) is 15.8. The van der Waals surface area contributed by atoms with E-state index in [9.17, 15) is 5.11 Å². The number of benzene rings is 1. The summed E-state index contributed by atoms with van der Waals surface area (Å²) in [5.74, 6) is 1.74. The van der Waals surface area contributed by atoms with E-state index in [4.69, 9.17) is 4.74 Å². The van der Waals surface area contributed by atoms with Crippen LogP contribution in [0.25, 0.3) is 0 Å². The molecule has 0 radical (unpaired) electrons. The molecule has 0 amide bonds. The first-order valence-electron chi connectivity index (χ1n) is 7.45. The molecule has 2 rings (SSSR count). The van der Waals surface area contributed by atoms with Gasteiger partial charge in [0.15, 0.2) is 11.5 Å². The number of phenols is 1. The molecular formula is C16H25NO2. The van der Waals surface area contributed by atoms with E-state index in [2.05, 4.69) is 5.32 Å². The average Bonchev–Trinajstić information content (AvgIpc) is 2.92. The number of aromatic hydroxyl groups is 1. The minimum absolute atomic E-state index is 0.219. The molecule has 1 aliphatic carbocycles. The van der Waals surface area contributed by atoms with Crippen molar-refractivity contribution in [1.82, 2.24) is 5.32 Å². The third-order valence-corrected chi connectivity index (χ3v) is 3.86. The van der Waals surface area contributed by atoms with E-state index >= 15 is 0 Å². The fourth-order valence-electron chi connectivity index (χ4n) is 2.78. The first kappa shape index (κ1) is 14.2. The summed E-state index contributed by atoms with van der Waals surface area (Å²) >= 11 is 0. The lowest BCUT2D eigenvalue weighted by Gasteiger charge is -2.11. The molecule has 2 N–H and O–H groups in total. The first-order valence-corrected chi connectivity index (χ1v) is 7.45. The van der Waals surface area contributed by atoms with Crippen molar-refractivity contribution >= 4 is 0 Å². The van der Waals surface area contributed by atoms with Crippen molar-refractivity contribution in [2.24, 2.45) is 5.92 Å².